The number of carbonyl (C=O) groups is 1. The molecule has 31 heavy (non-hydrogen) atoms. The van der Waals surface area contributed by atoms with Gasteiger partial charge in [-0.3, -0.25) is 4.79 Å². The monoisotopic (exact) mass is 451 g/mol. The van der Waals surface area contributed by atoms with Crippen molar-refractivity contribution < 1.29 is 18.0 Å². The Hall–Kier alpha value is -2.72. The molecule has 0 saturated carbocycles. The molecular formula is C23H25ClF3N3O. The first-order valence-corrected chi connectivity index (χ1v) is 10.2. The van der Waals surface area contributed by atoms with Crippen molar-refractivity contribution in [1.29, 1.82) is 5.26 Å². The number of rotatable bonds is 7. The molecule has 2 atom stereocenters. The minimum absolute atomic E-state index is 0.136. The normalized spacial score (nSPS) is 13.3. The van der Waals surface area contributed by atoms with E-state index in [9.17, 15) is 18.0 Å². The fraction of sp³-hybridized carbons (Fsp3) is 0.391. The van der Waals surface area contributed by atoms with Crippen LogP contribution in [0.2, 0.25) is 5.02 Å². The van der Waals surface area contributed by atoms with Crippen molar-refractivity contribution in [2.24, 2.45) is 5.92 Å². The first kappa shape index (κ1) is 24.5. The number of hydrogen-bond donors (Lipinski definition) is 0. The second-order valence-corrected chi connectivity index (χ2v) is 8.03. The van der Waals surface area contributed by atoms with Crippen LogP contribution < -0.4 is 4.90 Å². The zero-order chi connectivity index (χ0) is 23.3. The smallest absolute Gasteiger partial charge is 0.355 e. The number of alkyl halides is 3. The molecule has 0 fully saturated rings. The van der Waals surface area contributed by atoms with Gasteiger partial charge in [-0.05, 0) is 35.7 Å². The highest BCUT2D eigenvalue weighted by atomic mass is 35.5. The van der Waals surface area contributed by atoms with Gasteiger partial charge in [0.15, 0.2) is 0 Å². The number of hydrogen-bond acceptors (Lipinski definition) is 3. The molecule has 2 aromatic rings. The van der Waals surface area contributed by atoms with Gasteiger partial charge in [0.1, 0.15) is 6.04 Å². The number of halogens is 4. The van der Waals surface area contributed by atoms with Gasteiger partial charge in [-0.2, -0.15) is 18.4 Å². The van der Waals surface area contributed by atoms with Crippen LogP contribution in [0.25, 0.3) is 0 Å². The van der Waals surface area contributed by atoms with Gasteiger partial charge in [0.2, 0.25) is 5.91 Å². The summed E-state index contributed by atoms with van der Waals surface area (Å²) < 4.78 is 40.8. The molecule has 8 heteroatoms. The number of anilines is 1. The van der Waals surface area contributed by atoms with Crippen molar-refractivity contribution in [2.45, 2.75) is 39.0 Å². The van der Waals surface area contributed by atoms with Crippen molar-refractivity contribution in [2.75, 3.05) is 19.0 Å². The van der Waals surface area contributed by atoms with Gasteiger partial charge >= 0.3 is 6.18 Å². The summed E-state index contributed by atoms with van der Waals surface area (Å²) in [6, 6.07) is 11.4. The molecule has 166 valence electrons. The van der Waals surface area contributed by atoms with Crippen LogP contribution in [0.4, 0.5) is 18.9 Å². The van der Waals surface area contributed by atoms with Crippen molar-refractivity contribution >= 4 is 23.2 Å². The van der Waals surface area contributed by atoms with Crippen LogP contribution in [0.5, 0.6) is 0 Å². The molecule has 0 radical (unpaired) electrons. The Labute approximate surface area is 185 Å². The van der Waals surface area contributed by atoms with Crippen LogP contribution in [0.1, 0.15) is 37.0 Å². The Bertz CT molecular complexity index is 969. The molecule has 0 aliphatic rings. The highest BCUT2D eigenvalue weighted by molar-refractivity contribution is 6.31. The Morgan fingerprint density at radius 2 is 1.84 bits per heavy atom. The zero-order valence-electron chi connectivity index (χ0n) is 17.9. The van der Waals surface area contributed by atoms with Crippen molar-refractivity contribution in [1.82, 2.24) is 4.90 Å². The standard InChI is InChI=1S/C23H25ClF3N3O/c1-5-15(2)21(22(31)29(3)4)30(14-17-8-6-7-9-20(17)24)18-11-10-16(13-28)19(12-18)23(25,26)27/h6-12,15,21H,5,14H2,1-4H3/t15-,21-/m0/s1. The minimum Gasteiger partial charge on any atom is -0.355 e. The van der Waals surface area contributed by atoms with Gasteiger partial charge in [0.05, 0.1) is 17.2 Å². The summed E-state index contributed by atoms with van der Waals surface area (Å²) in [6.07, 6.45) is -4.06. The fourth-order valence-corrected chi connectivity index (χ4v) is 3.57. The fourth-order valence-electron chi connectivity index (χ4n) is 3.37. The van der Waals surface area contributed by atoms with Crippen LogP contribution in [0.15, 0.2) is 42.5 Å². The molecular weight excluding hydrogens is 427 g/mol. The number of amides is 1. The van der Waals surface area contributed by atoms with E-state index in [4.69, 9.17) is 16.9 Å². The Balaban J connectivity index is 2.71. The number of nitrogens with zero attached hydrogens (tertiary/aromatic N) is 3. The van der Waals surface area contributed by atoms with Crippen LogP contribution in [-0.4, -0.2) is 30.9 Å². The largest absolute Gasteiger partial charge is 0.417 e. The van der Waals surface area contributed by atoms with E-state index in [0.29, 0.717) is 17.0 Å². The van der Waals surface area contributed by atoms with E-state index in [2.05, 4.69) is 0 Å². The summed E-state index contributed by atoms with van der Waals surface area (Å²) in [5, 5.41) is 9.59. The molecule has 0 spiro atoms. The van der Waals surface area contributed by atoms with Gasteiger partial charge in [-0.25, -0.2) is 0 Å². The number of likely N-dealkylation sites (N-methyl/N-ethyl adjacent to an activating group) is 1. The van der Waals surface area contributed by atoms with E-state index in [0.717, 1.165) is 12.1 Å². The number of benzene rings is 2. The first-order chi connectivity index (χ1) is 14.5. The average Bonchev–Trinajstić information content (AvgIpc) is 2.73. The van der Waals surface area contributed by atoms with Crippen LogP contribution in [0.3, 0.4) is 0 Å². The summed E-state index contributed by atoms with van der Waals surface area (Å²) >= 11 is 6.32. The summed E-state index contributed by atoms with van der Waals surface area (Å²) in [4.78, 5) is 16.2. The first-order valence-electron chi connectivity index (χ1n) is 9.83. The molecule has 2 aromatic carbocycles. The maximum absolute atomic E-state index is 13.6. The zero-order valence-corrected chi connectivity index (χ0v) is 18.6. The van der Waals surface area contributed by atoms with Crippen molar-refractivity contribution in [3.8, 4) is 6.07 Å². The van der Waals surface area contributed by atoms with Crippen LogP contribution >= 0.6 is 11.6 Å². The lowest BCUT2D eigenvalue weighted by Crippen LogP contribution is -2.50. The molecule has 1 amide bonds. The molecule has 2 rings (SSSR count). The molecule has 0 saturated heterocycles. The summed E-state index contributed by atoms with van der Waals surface area (Å²) in [5.74, 6) is -0.373. The maximum atomic E-state index is 13.6. The molecule has 0 heterocycles. The van der Waals surface area contributed by atoms with Gasteiger partial charge in [-0.1, -0.05) is 50.1 Å². The van der Waals surface area contributed by atoms with Crippen LogP contribution in [0, 0.1) is 17.2 Å². The van der Waals surface area contributed by atoms with Gasteiger partial charge in [0.25, 0.3) is 0 Å². The molecule has 0 aliphatic heterocycles. The second-order valence-electron chi connectivity index (χ2n) is 7.62. The van der Waals surface area contributed by atoms with Gasteiger partial charge < -0.3 is 9.80 Å². The summed E-state index contributed by atoms with van der Waals surface area (Å²) in [5.41, 5.74) is -0.612. The van der Waals surface area contributed by atoms with E-state index in [1.807, 2.05) is 13.8 Å². The topological polar surface area (TPSA) is 47.3 Å². The molecule has 0 aromatic heterocycles. The van der Waals surface area contributed by atoms with Crippen LogP contribution in [-0.2, 0) is 17.5 Å². The Morgan fingerprint density at radius 1 is 1.19 bits per heavy atom. The third-order valence-corrected chi connectivity index (χ3v) is 5.64. The molecule has 0 bridgehead atoms. The van der Waals surface area contributed by atoms with Crippen molar-refractivity contribution in [3.05, 3.63) is 64.2 Å². The predicted molar refractivity (Wildman–Crippen MR) is 116 cm³/mol. The second kappa shape index (κ2) is 10.1. The predicted octanol–water partition coefficient (Wildman–Crippen LogP) is 5.74. The number of carbonyl (C=O) groups excluding carboxylic acids is 1. The Morgan fingerprint density at radius 3 is 2.35 bits per heavy atom. The SMILES string of the molecule is CC[C@H](C)[C@@H](C(=O)N(C)C)N(Cc1ccccc1Cl)c1ccc(C#N)c(C(F)(F)F)c1. The molecule has 0 aliphatic carbocycles. The number of nitriles is 1. The average molecular weight is 452 g/mol. The van der Waals surface area contributed by atoms with E-state index >= 15 is 0 Å². The minimum atomic E-state index is -4.70. The third kappa shape index (κ3) is 5.71. The van der Waals surface area contributed by atoms with Gasteiger partial charge in [0, 0.05) is 31.4 Å². The van der Waals surface area contributed by atoms with E-state index in [1.54, 1.807) is 49.3 Å². The molecule has 4 nitrogen and oxygen atoms in total. The quantitative estimate of drug-likeness (QED) is 0.539. The highest BCUT2D eigenvalue weighted by Gasteiger charge is 2.37. The lowest BCUT2D eigenvalue weighted by atomic mass is 9.94. The van der Waals surface area contributed by atoms with E-state index < -0.39 is 23.3 Å². The Kier molecular flexibility index (Phi) is 7.96. The van der Waals surface area contributed by atoms with Crippen molar-refractivity contribution in [3.63, 3.8) is 0 Å². The van der Waals surface area contributed by atoms with E-state index in [-0.39, 0.29) is 24.1 Å². The lowest BCUT2D eigenvalue weighted by Gasteiger charge is -2.38. The van der Waals surface area contributed by atoms with Gasteiger partial charge in [-0.15, -0.1) is 0 Å². The lowest BCUT2D eigenvalue weighted by molar-refractivity contribution is -0.137. The van der Waals surface area contributed by atoms with E-state index in [1.165, 1.54) is 11.0 Å². The molecule has 0 unspecified atom stereocenters. The summed E-state index contributed by atoms with van der Waals surface area (Å²) in [7, 11) is 3.23. The molecule has 0 N–H and O–H groups in total. The summed E-state index contributed by atoms with van der Waals surface area (Å²) in [6.45, 7) is 3.95. The highest BCUT2D eigenvalue weighted by Crippen LogP contribution is 2.36. The third-order valence-electron chi connectivity index (χ3n) is 5.27. The maximum Gasteiger partial charge on any atom is 0.417 e.